The fraction of sp³-hybridized carbons (Fsp3) is 0.727. The van der Waals surface area contributed by atoms with E-state index in [1.807, 2.05) is 12.2 Å². The van der Waals surface area contributed by atoms with Gasteiger partial charge in [0.25, 0.3) is 0 Å². The Kier molecular flexibility index (Phi) is 13.3. The molecule has 0 N–H and O–H groups in total. The molecule has 136 valence electrons. The second-order valence-electron chi connectivity index (χ2n) is 7.04. The molecule has 0 aromatic carbocycles. The first-order valence-corrected chi connectivity index (χ1v) is 10.1. The van der Waals surface area contributed by atoms with Crippen molar-refractivity contribution >= 4 is 11.6 Å². The maximum atomic E-state index is 11.8. The lowest BCUT2D eigenvalue weighted by atomic mass is 10.0. The van der Waals surface area contributed by atoms with Crippen LogP contribution in [0.2, 0.25) is 0 Å². The maximum Gasteiger partial charge on any atom is 0.136 e. The summed E-state index contributed by atoms with van der Waals surface area (Å²) in [5.41, 5.74) is 0. The molecule has 0 aromatic heterocycles. The minimum absolute atomic E-state index is 0.390. The zero-order valence-electron chi connectivity index (χ0n) is 15.4. The average molecular weight is 333 g/mol. The van der Waals surface area contributed by atoms with E-state index in [1.165, 1.54) is 38.5 Å². The van der Waals surface area contributed by atoms with E-state index in [0.29, 0.717) is 24.4 Å². The number of carbonyl (C=O) groups is 2. The van der Waals surface area contributed by atoms with Gasteiger partial charge in [0.05, 0.1) is 0 Å². The van der Waals surface area contributed by atoms with Crippen molar-refractivity contribution in [2.45, 2.75) is 103 Å². The van der Waals surface area contributed by atoms with Crippen molar-refractivity contribution in [1.29, 1.82) is 0 Å². The summed E-state index contributed by atoms with van der Waals surface area (Å²) in [6.45, 7) is 0. The molecule has 0 spiro atoms. The molecule has 0 fully saturated rings. The van der Waals surface area contributed by atoms with E-state index >= 15 is 0 Å². The normalized spacial score (nSPS) is 21.8. The molecule has 24 heavy (non-hydrogen) atoms. The van der Waals surface area contributed by atoms with Gasteiger partial charge >= 0.3 is 0 Å². The molecule has 2 heteroatoms. The van der Waals surface area contributed by atoms with E-state index in [0.717, 1.165) is 51.4 Å². The SMILES string of the molecule is O=C1CC=CCCCCC=CCC(=O)CCCCCCCCCC1. The highest BCUT2D eigenvalue weighted by molar-refractivity contribution is 5.80. The summed E-state index contributed by atoms with van der Waals surface area (Å²) in [5, 5.41) is 0. The lowest BCUT2D eigenvalue weighted by molar-refractivity contribution is -0.119. The molecule has 0 aliphatic heterocycles. The van der Waals surface area contributed by atoms with Crippen molar-refractivity contribution < 1.29 is 9.59 Å². The number of hydrogen-bond donors (Lipinski definition) is 0. The lowest BCUT2D eigenvalue weighted by Crippen LogP contribution is -1.96. The molecule has 2 nitrogen and oxygen atoms in total. The summed E-state index contributed by atoms with van der Waals surface area (Å²) in [7, 11) is 0. The molecule has 0 heterocycles. The number of Topliss-reactive ketones (excluding diaryl/α,β-unsaturated/α-hetero) is 2. The van der Waals surface area contributed by atoms with E-state index in [9.17, 15) is 9.59 Å². The van der Waals surface area contributed by atoms with Crippen LogP contribution in [0.4, 0.5) is 0 Å². The Hall–Kier alpha value is -1.18. The number of ketones is 2. The number of rotatable bonds is 0. The minimum Gasteiger partial charge on any atom is -0.299 e. The third-order valence-electron chi connectivity index (χ3n) is 4.68. The van der Waals surface area contributed by atoms with Gasteiger partial charge in [-0.2, -0.15) is 0 Å². The van der Waals surface area contributed by atoms with Crippen LogP contribution in [0.25, 0.3) is 0 Å². The van der Waals surface area contributed by atoms with Crippen LogP contribution >= 0.6 is 0 Å². The Morgan fingerprint density at radius 1 is 0.458 bits per heavy atom. The molecule has 1 rings (SSSR count). The first kappa shape index (κ1) is 20.9. The van der Waals surface area contributed by atoms with Gasteiger partial charge in [-0.1, -0.05) is 62.8 Å². The Bertz CT molecular complexity index is 355. The fourth-order valence-electron chi connectivity index (χ4n) is 3.10. The third-order valence-corrected chi connectivity index (χ3v) is 4.68. The molecular weight excluding hydrogens is 296 g/mol. The maximum absolute atomic E-state index is 11.8. The molecule has 0 saturated heterocycles. The Labute approximate surface area is 148 Å². The molecule has 0 bridgehead atoms. The molecule has 0 unspecified atom stereocenters. The van der Waals surface area contributed by atoms with Gasteiger partial charge < -0.3 is 0 Å². The average Bonchev–Trinajstić information content (AvgIpc) is 2.57. The largest absolute Gasteiger partial charge is 0.299 e. The third kappa shape index (κ3) is 13.3. The van der Waals surface area contributed by atoms with Crippen LogP contribution in [-0.4, -0.2) is 11.6 Å². The van der Waals surface area contributed by atoms with Crippen molar-refractivity contribution in [1.82, 2.24) is 0 Å². The molecule has 1 aliphatic rings. The van der Waals surface area contributed by atoms with Crippen molar-refractivity contribution in [3.8, 4) is 0 Å². The standard InChI is InChI=1S/C22H36O2/c23-21-17-13-9-5-1-2-6-10-14-18-22(24)20-16-12-8-4-3-7-11-15-19-21/h9-10,13-14H,1-8,11-12,15-20H2. The van der Waals surface area contributed by atoms with Gasteiger partial charge in [0.1, 0.15) is 11.6 Å². The first-order valence-electron chi connectivity index (χ1n) is 10.1. The van der Waals surface area contributed by atoms with Crippen LogP contribution < -0.4 is 0 Å². The van der Waals surface area contributed by atoms with E-state index in [4.69, 9.17) is 0 Å². The van der Waals surface area contributed by atoms with Gasteiger partial charge in [-0.05, 0) is 38.5 Å². The number of carbonyl (C=O) groups excluding carboxylic acids is 2. The summed E-state index contributed by atoms with van der Waals surface area (Å²) >= 11 is 0. The predicted octanol–water partition coefficient (Wildman–Crippen LogP) is 6.49. The van der Waals surface area contributed by atoms with Crippen LogP contribution in [-0.2, 0) is 9.59 Å². The fourth-order valence-corrected chi connectivity index (χ4v) is 3.10. The Balaban J connectivity index is 2.27. The summed E-state index contributed by atoms with van der Waals surface area (Å²) in [4.78, 5) is 23.5. The van der Waals surface area contributed by atoms with Gasteiger partial charge in [0, 0.05) is 25.7 Å². The van der Waals surface area contributed by atoms with Gasteiger partial charge in [0.15, 0.2) is 0 Å². The van der Waals surface area contributed by atoms with Gasteiger partial charge in [-0.15, -0.1) is 0 Å². The Morgan fingerprint density at radius 3 is 1.25 bits per heavy atom. The lowest BCUT2D eigenvalue weighted by Gasteiger charge is -2.02. The monoisotopic (exact) mass is 332 g/mol. The van der Waals surface area contributed by atoms with E-state index < -0.39 is 0 Å². The predicted molar refractivity (Wildman–Crippen MR) is 102 cm³/mol. The van der Waals surface area contributed by atoms with Gasteiger partial charge in [-0.25, -0.2) is 0 Å². The summed E-state index contributed by atoms with van der Waals surface area (Å²) in [5.74, 6) is 0.780. The quantitative estimate of drug-likeness (QED) is 0.475. The smallest absolute Gasteiger partial charge is 0.136 e. The van der Waals surface area contributed by atoms with Crippen LogP contribution in [0.1, 0.15) is 103 Å². The molecule has 1 aliphatic carbocycles. The first-order chi connectivity index (χ1) is 11.8. The number of allylic oxidation sites excluding steroid dienone is 4. The zero-order chi connectivity index (χ0) is 17.3. The van der Waals surface area contributed by atoms with Crippen molar-refractivity contribution in [2.24, 2.45) is 0 Å². The Morgan fingerprint density at radius 2 is 0.833 bits per heavy atom. The molecule has 0 amide bonds. The van der Waals surface area contributed by atoms with Crippen LogP contribution in [0, 0.1) is 0 Å². The van der Waals surface area contributed by atoms with E-state index in [-0.39, 0.29) is 0 Å². The number of hydrogen-bond acceptors (Lipinski definition) is 2. The highest BCUT2D eigenvalue weighted by Crippen LogP contribution is 2.12. The zero-order valence-corrected chi connectivity index (χ0v) is 15.4. The summed E-state index contributed by atoms with van der Waals surface area (Å²) < 4.78 is 0. The molecule has 0 radical (unpaired) electrons. The highest BCUT2D eigenvalue weighted by Gasteiger charge is 2.01. The summed E-state index contributed by atoms with van der Waals surface area (Å²) in [6.07, 6.45) is 25.0. The second-order valence-corrected chi connectivity index (χ2v) is 7.04. The van der Waals surface area contributed by atoms with Gasteiger partial charge in [0.2, 0.25) is 0 Å². The van der Waals surface area contributed by atoms with Gasteiger partial charge in [-0.3, -0.25) is 9.59 Å². The van der Waals surface area contributed by atoms with Crippen LogP contribution in [0.3, 0.4) is 0 Å². The van der Waals surface area contributed by atoms with E-state index in [2.05, 4.69) is 12.2 Å². The molecular formula is C22H36O2. The van der Waals surface area contributed by atoms with Crippen molar-refractivity contribution in [2.75, 3.05) is 0 Å². The van der Waals surface area contributed by atoms with Crippen LogP contribution in [0.5, 0.6) is 0 Å². The van der Waals surface area contributed by atoms with Crippen molar-refractivity contribution in [3.05, 3.63) is 24.3 Å². The van der Waals surface area contributed by atoms with Crippen LogP contribution in [0.15, 0.2) is 24.3 Å². The topological polar surface area (TPSA) is 34.1 Å². The van der Waals surface area contributed by atoms with E-state index in [1.54, 1.807) is 0 Å². The minimum atomic E-state index is 0.390. The van der Waals surface area contributed by atoms with Crippen molar-refractivity contribution in [3.63, 3.8) is 0 Å². The molecule has 0 aromatic rings. The molecule has 0 atom stereocenters. The highest BCUT2D eigenvalue weighted by atomic mass is 16.1. The summed E-state index contributed by atoms with van der Waals surface area (Å²) in [6, 6.07) is 0. The molecule has 0 saturated carbocycles. The second kappa shape index (κ2) is 15.4.